The van der Waals surface area contributed by atoms with E-state index in [1.165, 1.54) is 0 Å². The zero-order valence-electron chi connectivity index (χ0n) is 10.5. The lowest BCUT2D eigenvalue weighted by atomic mass is 10.2. The maximum Gasteiger partial charge on any atom is 0.242 e. The molecule has 8 heteroatoms. The van der Waals surface area contributed by atoms with Gasteiger partial charge in [-0.1, -0.05) is 21.0 Å². The Morgan fingerprint density at radius 3 is 2.79 bits per heavy atom. The number of anilines is 1. The number of hydrogen-bond donors (Lipinski definition) is 1. The molecule has 0 fully saturated rings. The predicted octanol–water partition coefficient (Wildman–Crippen LogP) is 2.75. The zero-order valence-corrected chi connectivity index (χ0v) is 13.7. The van der Waals surface area contributed by atoms with Crippen LogP contribution in [0.4, 0.5) is 5.95 Å². The van der Waals surface area contributed by atoms with E-state index in [1.807, 2.05) is 19.1 Å². The number of halogens is 2. The second kappa shape index (κ2) is 6.33. The second-order valence-corrected chi connectivity index (χ2v) is 5.56. The number of tetrazole rings is 1. The van der Waals surface area contributed by atoms with Gasteiger partial charge in [0.1, 0.15) is 5.75 Å². The Hall–Kier alpha value is -1.15. The molecule has 1 aromatic carbocycles. The number of nitrogens with zero attached hydrogens (tertiary/aromatic N) is 4. The minimum absolute atomic E-state index is 0.571. The second-order valence-electron chi connectivity index (χ2n) is 3.79. The summed E-state index contributed by atoms with van der Waals surface area (Å²) in [6.07, 6.45) is 0. The number of hydrogen-bond acceptors (Lipinski definition) is 5. The Kier molecular flexibility index (Phi) is 4.76. The Morgan fingerprint density at radius 1 is 1.37 bits per heavy atom. The molecule has 1 heterocycles. The molecule has 0 aliphatic carbocycles. The van der Waals surface area contributed by atoms with Crippen molar-refractivity contribution in [3.05, 3.63) is 26.6 Å². The van der Waals surface area contributed by atoms with Crippen LogP contribution in [-0.2, 0) is 13.6 Å². The van der Waals surface area contributed by atoms with Gasteiger partial charge in [0.2, 0.25) is 5.95 Å². The summed E-state index contributed by atoms with van der Waals surface area (Å²) < 4.78 is 9.13. The van der Waals surface area contributed by atoms with Crippen LogP contribution in [-0.4, -0.2) is 26.8 Å². The molecule has 19 heavy (non-hydrogen) atoms. The summed E-state index contributed by atoms with van der Waals surface area (Å²) in [6.45, 7) is 3.14. The van der Waals surface area contributed by atoms with Gasteiger partial charge in [0, 0.05) is 23.6 Å². The van der Waals surface area contributed by atoms with Gasteiger partial charge in [-0.05, 0) is 45.4 Å². The Balaban J connectivity index is 2.21. The molecule has 0 saturated heterocycles. The number of nitrogens with one attached hydrogen (secondary N) is 1. The van der Waals surface area contributed by atoms with Gasteiger partial charge >= 0.3 is 0 Å². The van der Waals surface area contributed by atoms with Crippen LogP contribution in [0.15, 0.2) is 21.1 Å². The van der Waals surface area contributed by atoms with E-state index in [-0.39, 0.29) is 0 Å². The Labute approximate surface area is 127 Å². The number of aryl methyl sites for hydroxylation is 1. The normalized spacial score (nSPS) is 10.5. The van der Waals surface area contributed by atoms with E-state index in [4.69, 9.17) is 4.74 Å². The van der Waals surface area contributed by atoms with Crippen molar-refractivity contribution in [3.63, 3.8) is 0 Å². The van der Waals surface area contributed by atoms with Gasteiger partial charge in [-0.25, -0.2) is 4.68 Å². The first-order valence-electron chi connectivity index (χ1n) is 5.68. The van der Waals surface area contributed by atoms with E-state index in [0.717, 1.165) is 20.3 Å². The molecular weight excluding hydrogens is 378 g/mol. The van der Waals surface area contributed by atoms with Crippen LogP contribution in [0.5, 0.6) is 5.75 Å². The zero-order chi connectivity index (χ0) is 13.8. The summed E-state index contributed by atoms with van der Waals surface area (Å²) in [5, 5.41) is 14.4. The summed E-state index contributed by atoms with van der Waals surface area (Å²) in [5.41, 5.74) is 1.02. The van der Waals surface area contributed by atoms with E-state index < -0.39 is 0 Å². The third-order valence-corrected chi connectivity index (χ3v) is 3.48. The van der Waals surface area contributed by atoms with Gasteiger partial charge < -0.3 is 10.1 Å². The average molecular weight is 391 g/mol. The molecule has 0 atom stereocenters. The van der Waals surface area contributed by atoms with Crippen molar-refractivity contribution in [3.8, 4) is 5.75 Å². The molecule has 0 amide bonds. The standard InChI is InChI=1S/C11H13Br2N5O/c1-3-19-10-7(4-8(12)5-9(10)13)6-14-11-15-16-17-18(11)2/h4-5H,3,6H2,1-2H3,(H,14,15,17). The minimum Gasteiger partial charge on any atom is -0.492 e. The molecule has 102 valence electrons. The minimum atomic E-state index is 0.571. The van der Waals surface area contributed by atoms with Crippen molar-refractivity contribution in [2.24, 2.45) is 7.05 Å². The van der Waals surface area contributed by atoms with Crippen LogP contribution >= 0.6 is 31.9 Å². The third-order valence-electron chi connectivity index (χ3n) is 2.43. The fourth-order valence-corrected chi connectivity index (χ4v) is 3.03. The fourth-order valence-electron chi connectivity index (χ4n) is 1.60. The molecule has 1 aromatic heterocycles. The highest BCUT2D eigenvalue weighted by atomic mass is 79.9. The van der Waals surface area contributed by atoms with Crippen molar-refractivity contribution in [2.75, 3.05) is 11.9 Å². The first kappa shape index (κ1) is 14.3. The maximum absolute atomic E-state index is 5.66. The lowest BCUT2D eigenvalue weighted by molar-refractivity contribution is 0.334. The molecule has 2 aromatic rings. The molecule has 0 spiro atoms. The molecule has 6 nitrogen and oxygen atoms in total. The van der Waals surface area contributed by atoms with Gasteiger partial charge in [0.25, 0.3) is 0 Å². The Morgan fingerprint density at radius 2 is 2.16 bits per heavy atom. The van der Waals surface area contributed by atoms with E-state index in [9.17, 15) is 0 Å². The summed E-state index contributed by atoms with van der Waals surface area (Å²) in [7, 11) is 1.78. The van der Waals surface area contributed by atoms with E-state index >= 15 is 0 Å². The molecule has 2 rings (SSSR count). The molecule has 0 aliphatic rings. The molecule has 0 saturated carbocycles. The van der Waals surface area contributed by atoms with Gasteiger partial charge in [-0.3, -0.25) is 0 Å². The molecule has 1 N–H and O–H groups in total. The topological polar surface area (TPSA) is 64.9 Å². The van der Waals surface area contributed by atoms with E-state index in [0.29, 0.717) is 19.1 Å². The highest BCUT2D eigenvalue weighted by Crippen LogP contribution is 2.33. The quantitative estimate of drug-likeness (QED) is 0.850. The van der Waals surface area contributed by atoms with Crippen molar-refractivity contribution < 1.29 is 4.74 Å². The van der Waals surface area contributed by atoms with Crippen LogP contribution in [0.2, 0.25) is 0 Å². The Bertz CT molecular complexity index is 572. The average Bonchev–Trinajstić information content (AvgIpc) is 2.76. The summed E-state index contributed by atoms with van der Waals surface area (Å²) in [5.74, 6) is 1.44. The molecule has 0 aliphatic heterocycles. The monoisotopic (exact) mass is 389 g/mol. The van der Waals surface area contributed by atoms with Crippen LogP contribution < -0.4 is 10.1 Å². The van der Waals surface area contributed by atoms with Crippen LogP contribution in [0, 0.1) is 0 Å². The highest BCUT2D eigenvalue weighted by molar-refractivity contribution is 9.11. The third kappa shape index (κ3) is 3.44. The largest absolute Gasteiger partial charge is 0.492 e. The summed E-state index contributed by atoms with van der Waals surface area (Å²) in [6, 6.07) is 3.96. The van der Waals surface area contributed by atoms with Crippen molar-refractivity contribution >= 4 is 37.8 Å². The van der Waals surface area contributed by atoms with Crippen LogP contribution in [0.3, 0.4) is 0 Å². The van der Waals surface area contributed by atoms with Gasteiger partial charge in [0.05, 0.1) is 11.1 Å². The first-order valence-corrected chi connectivity index (χ1v) is 7.27. The molecule has 0 radical (unpaired) electrons. The van der Waals surface area contributed by atoms with Crippen molar-refractivity contribution in [2.45, 2.75) is 13.5 Å². The lowest BCUT2D eigenvalue weighted by Gasteiger charge is -2.13. The number of rotatable bonds is 5. The van der Waals surface area contributed by atoms with E-state index in [2.05, 4.69) is 52.7 Å². The predicted molar refractivity (Wildman–Crippen MR) is 79.1 cm³/mol. The molecule has 0 bridgehead atoms. The lowest BCUT2D eigenvalue weighted by Crippen LogP contribution is -2.08. The summed E-state index contributed by atoms with van der Waals surface area (Å²) >= 11 is 6.98. The SMILES string of the molecule is CCOc1c(Br)cc(Br)cc1CNc1nnnn1C. The smallest absolute Gasteiger partial charge is 0.242 e. The van der Waals surface area contributed by atoms with Gasteiger partial charge in [0.15, 0.2) is 0 Å². The van der Waals surface area contributed by atoms with Crippen molar-refractivity contribution in [1.29, 1.82) is 0 Å². The van der Waals surface area contributed by atoms with Crippen molar-refractivity contribution in [1.82, 2.24) is 20.2 Å². The first-order chi connectivity index (χ1) is 9.11. The molecular formula is C11H13Br2N5O. The van der Waals surface area contributed by atoms with Crippen LogP contribution in [0.25, 0.3) is 0 Å². The van der Waals surface area contributed by atoms with Gasteiger partial charge in [-0.2, -0.15) is 0 Å². The highest BCUT2D eigenvalue weighted by Gasteiger charge is 2.11. The number of ether oxygens (including phenoxy) is 1. The number of benzene rings is 1. The van der Waals surface area contributed by atoms with E-state index in [1.54, 1.807) is 11.7 Å². The van der Waals surface area contributed by atoms with Crippen LogP contribution in [0.1, 0.15) is 12.5 Å². The molecule has 0 unspecified atom stereocenters. The van der Waals surface area contributed by atoms with Gasteiger partial charge in [-0.15, -0.1) is 0 Å². The number of aromatic nitrogens is 4. The maximum atomic E-state index is 5.66. The fraction of sp³-hybridized carbons (Fsp3) is 0.364. The summed E-state index contributed by atoms with van der Waals surface area (Å²) in [4.78, 5) is 0.